The lowest BCUT2D eigenvalue weighted by Crippen LogP contribution is -2.28. The number of aromatic nitrogens is 2. The van der Waals surface area contributed by atoms with Crippen molar-refractivity contribution in [3.8, 4) is 0 Å². The lowest BCUT2D eigenvalue weighted by Gasteiger charge is -2.07. The molecule has 6 nitrogen and oxygen atoms in total. The first-order chi connectivity index (χ1) is 12.0. The molecule has 0 saturated heterocycles. The molecule has 3 aromatic rings. The first kappa shape index (κ1) is 17.3. The van der Waals surface area contributed by atoms with E-state index in [1.54, 1.807) is 41.1 Å². The molecule has 2 aromatic heterocycles. The van der Waals surface area contributed by atoms with Gasteiger partial charge in [0, 0.05) is 29.0 Å². The molecule has 128 valence electrons. The van der Waals surface area contributed by atoms with Crippen molar-refractivity contribution in [1.82, 2.24) is 14.7 Å². The number of imidazole rings is 1. The van der Waals surface area contributed by atoms with Gasteiger partial charge >= 0.3 is 5.97 Å². The van der Waals surface area contributed by atoms with E-state index in [-0.39, 0.29) is 12.2 Å². The number of amides is 1. The number of halogens is 2. The second kappa shape index (κ2) is 7.55. The predicted molar refractivity (Wildman–Crippen MR) is 93.8 cm³/mol. The summed E-state index contributed by atoms with van der Waals surface area (Å²) in [5, 5.41) is 3.59. The summed E-state index contributed by atoms with van der Waals surface area (Å²) in [5.74, 6) is -1.11. The summed E-state index contributed by atoms with van der Waals surface area (Å²) in [5.41, 5.74) is 1.47. The highest BCUT2D eigenvalue weighted by molar-refractivity contribution is 6.35. The third-order valence-electron chi connectivity index (χ3n) is 3.40. The maximum atomic E-state index is 12.0. The van der Waals surface area contributed by atoms with Crippen molar-refractivity contribution in [2.24, 2.45) is 0 Å². The van der Waals surface area contributed by atoms with E-state index in [1.165, 1.54) is 0 Å². The van der Waals surface area contributed by atoms with Crippen LogP contribution in [0.15, 0.2) is 48.8 Å². The number of nitrogens with one attached hydrogen (secondary N) is 1. The van der Waals surface area contributed by atoms with E-state index in [1.807, 2.05) is 12.1 Å². The molecule has 0 saturated carbocycles. The quantitative estimate of drug-likeness (QED) is 0.693. The van der Waals surface area contributed by atoms with Gasteiger partial charge in [0.15, 0.2) is 12.3 Å². The molecule has 2 heterocycles. The zero-order valence-corrected chi connectivity index (χ0v) is 14.4. The summed E-state index contributed by atoms with van der Waals surface area (Å²) in [6.07, 6.45) is 3.31. The third-order valence-corrected chi connectivity index (χ3v) is 3.99. The van der Waals surface area contributed by atoms with Gasteiger partial charge in [0.25, 0.3) is 5.91 Å². The number of carbonyl (C=O) groups excluding carboxylic acids is 2. The zero-order chi connectivity index (χ0) is 17.8. The van der Waals surface area contributed by atoms with E-state index in [4.69, 9.17) is 27.9 Å². The maximum absolute atomic E-state index is 12.0. The lowest BCUT2D eigenvalue weighted by atomic mass is 10.2. The van der Waals surface area contributed by atoms with Crippen LogP contribution in [0.4, 0.5) is 0 Å². The normalized spacial score (nSPS) is 10.6. The molecule has 0 aliphatic rings. The Labute approximate surface area is 153 Å². The van der Waals surface area contributed by atoms with E-state index in [2.05, 4.69) is 10.3 Å². The van der Waals surface area contributed by atoms with Gasteiger partial charge in [-0.05, 0) is 29.8 Å². The highest BCUT2D eigenvalue weighted by Crippen LogP contribution is 2.20. The molecule has 0 fully saturated rings. The summed E-state index contributed by atoms with van der Waals surface area (Å²) in [6, 6.07) is 10.4. The van der Waals surface area contributed by atoms with Crippen LogP contribution in [0.2, 0.25) is 10.0 Å². The van der Waals surface area contributed by atoms with Gasteiger partial charge in [0.05, 0.1) is 0 Å². The molecule has 1 N–H and O–H groups in total. The average molecular weight is 378 g/mol. The fraction of sp³-hybridized carbons (Fsp3) is 0.118. The third kappa shape index (κ3) is 4.29. The molecule has 0 unspecified atom stereocenters. The average Bonchev–Trinajstić information content (AvgIpc) is 3.03. The lowest BCUT2D eigenvalue weighted by molar-refractivity contribution is -0.124. The second-order valence-electron chi connectivity index (χ2n) is 5.18. The molecule has 0 aliphatic heterocycles. The van der Waals surface area contributed by atoms with Gasteiger partial charge in [-0.2, -0.15) is 0 Å². The number of ether oxygens (including phenoxy) is 1. The van der Waals surface area contributed by atoms with Crippen LogP contribution in [0.3, 0.4) is 0 Å². The largest absolute Gasteiger partial charge is 0.451 e. The first-order valence-electron chi connectivity index (χ1n) is 7.34. The Kier molecular flexibility index (Phi) is 5.21. The van der Waals surface area contributed by atoms with Gasteiger partial charge in [-0.15, -0.1) is 0 Å². The molecule has 0 aliphatic carbocycles. The fourth-order valence-corrected chi connectivity index (χ4v) is 2.62. The number of hydrogen-bond donors (Lipinski definition) is 1. The van der Waals surface area contributed by atoms with Gasteiger partial charge in [-0.3, -0.25) is 4.79 Å². The van der Waals surface area contributed by atoms with Crippen LogP contribution >= 0.6 is 23.2 Å². The SMILES string of the molecule is O=C(COC(=O)c1cn2ccccc2n1)NCc1ccc(Cl)cc1Cl. The number of carbonyl (C=O) groups is 2. The van der Waals surface area contributed by atoms with Crippen LogP contribution in [0.25, 0.3) is 5.65 Å². The Bertz CT molecular complexity index is 907. The van der Waals surface area contributed by atoms with E-state index >= 15 is 0 Å². The minimum atomic E-state index is -0.664. The van der Waals surface area contributed by atoms with Crippen molar-refractivity contribution in [3.05, 3.63) is 70.1 Å². The summed E-state index contributed by atoms with van der Waals surface area (Å²) in [7, 11) is 0. The van der Waals surface area contributed by atoms with Gasteiger partial charge in [0.1, 0.15) is 5.65 Å². The van der Waals surface area contributed by atoms with Crippen molar-refractivity contribution in [3.63, 3.8) is 0 Å². The minimum absolute atomic E-state index is 0.139. The standard InChI is InChI=1S/C17H13Cl2N3O3/c18-12-5-4-11(13(19)7-12)8-20-16(23)10-25-17(24)14-9-22-6-2-1-3-15(22)21-14/h1-7,9H,8,10H2,(H,20,23). The molecule has 0 radical (unpaired) electrons. The van der Waals surface area contributed by atoms with E-state index < -0.39 is 18.5 Å². The monoisotopic (exact) mass is 377 g/mol. The van der Waals surface area contributed by atoms with Crippen molar-refractivity contribution in [2.75, 3.05) is 6.61 Å². The van der Waals surface area contributed by atoms with E-state index in [9.17, 15) is 9.59 Å². The van der Waals surface area contributed by atoms with E-state index in [0.717, 1.165) is 0 Å². The van der Waals surface area contributed by atoms with Gasteiger partial charge < -0.3 is 14.5 Å². The molecular formula is C17H13Cl2N3O3. The number of benzene rings is 1. The molecule has 0 atom stereocenters. The number of rotatable bonds is 5. The maximum Gasteiger partial charge on any atom is 0.359 e. The van der Waals surface area contributed by atoms with Crippen LogP contribution < -0.4 is 5.32 Å². The molecule has 1 amide bonds. The summed E-state index contributed by atoms with van der Waals surface area (Å²) in [6.45, 7) is -0.196. The van der Waals surface area contributed by atoms with Gasteiger partial charge in [-0.25, -0.2) is 9.78 Å². The van der Waals surface area contributed by atoms with Crippen LogP contribution in [-0.4, -0.2) is 27.9 Å². The Morgan fingerprint density at radius 2 is 2.04 bits per heavy atom. The van der Waals surface area contributed by atoms with Crippen molar-refractivity contribution in [1.29, 1.82) is 0 Å². The Hall–Kier alpha value is -2.57. The summed E-state index contributed by atoms with van der Waals surface area (Å²) < 4.78 is 6.67. The summed E-state index contributed by atoms with van der Waals surface area (Å²) >= 11 is 11.8. The molecule has 0 bridgehead atoms. The molecular weight excluding hydrogens is 365 g/mol. The number of esters is 1. The predicted octanol–water partition coefficient (Wildman–Crippen LogP) is 3.11. The molecule has 8 heteroatoms. The first-order valence-corrected chi connectivity index (χ1v) is 8.10. The highest BCUT2D eigenvalue weighted by Gasteiger charge is 2.14. The summed E-state index contributed by atoms with van der Waals surface area (Å²) in [4.78, 5) is 27.9. The highest BCUT2D eigenvalue weighted by atomic mass is 35.5. The number of hydrogen-bond acceptors (Lipinski definition) is 4. The Balaban J connectivity index is 1.52. The number of pyridine rings is 1. The zero-order valence-electron chi connectivity index (χ0n) is 12.9. The molecule has 0 spiro atoms. The van der Waals surface area contributed by atoms with Gasteiger partial charge in [-0.1, -0.05) is 35.3 Å². The van der Waals surface area contributed by atoms with Crippen LogP contribution in [-0.2, 0) is 16.1 Å². The number of nitrogens with zero attached hydrogens (tertiary/aromatic N) is 2. The number of fused-ring (bicyclic) bond motifs is 1. The van der Waals surface area contributed by atoms with Crippen LogP contribution in [0, 0.1) is 0 Å². The topological polar surface area (TPSA) is 72.7 Å². The fourth-order valence-electron chi connectivity index (χ4n) is 2.15. The Morgan fingerprint density at radius 3 is 2.80 bits per heavy atom. The van der Waals surface area contributed by atoms with Crippen molar-refractivity contribution in [2.45, 2.75) is 6.54 Å². The van der Waals surface area contributed by atoms with Crippen molar-refractivity contribution >= 4 is 40.7 Å². The van der Waals surface area contributed by atoms with E-state index in [0.29, 0.717) is 21.3 Å². The molecule has 1 aromatic carbocycles. The minimum Gasteiger partial charge on any atom is -0.451 e. The second-order valence-corrected chi connectivity index (χ2v) is 6.02. The van der Waals surface area contributed by atoms with Gasteiger partial charge in [0.2, 0.25) is 0 Å². The van der Waals surface area contributed by atoms with Crippen LogP contribution in [0.1, 0.15) is 16.1 Å². The Morgan fingerprint density at radius 1 is 1.20 bits per heavy atom. The van der Waals surface area contributed by atoms with Crippen LogP contribution in [0.5, 0.6) is 0 Å². The molecule has 3 rings (SSSR count). The van der Waals surface area contributed by atoms with Crippen molar-refractivity contribution < 1.29 is 14.3 Å². The molecule has 25 heavy (non-hydrogen) atoms. The smallest absolute Gasteiger partial charge is 0.359 e.